The van der Waals surface area contributed by atoms with Gasteiger partial charge in [-0.25, -0.2) is 0 Å². The lowest BCUT2D eigenvalue weighted by atomic mass is 10.00. The second-order valence-corrected chi connectivity index (χ2v) is 4.36. The molecule has 1 atom stereocenters. The summed E-state index contributed by atoms with van der Waals surface area (Å²) < 4.78 is 10.5. The minimum Gasteiger partial charge on any atom is -0.394 e. The van der Waals surface area contributed by atoms with Crippen molar-refractivity contribution in [3.05, 3.63) is 0 Å². The molecular formula is C11H25NO3. The van der Waals surface area contributed by atoms with Crippen LogP contribution in [0.15, 0.2) is 0 Å². The number of methoxy groups -OCH3 is 1. The molecular weight excluding hydrogens is 194 g/mol. The highest BCUT2D eigenvalue weighted by atomic mass is 16.5. The number of rotatable bonds is 9. The van der Waals surface area contributed by atoms with Gasteiger partial charge in [-0.3, -0.25) is 0 Å². The van der Waals surface area contributed by atoms with Gasteiger partial charge in [-0.15, -0.1) is 0 Å². The van der Waals surface area contributed by atoms with E-state index in [4.69, 9.17) is 14.6 Å². The van der Waals surface area contributed by atoms with E-state index in [1.807, 2.05) is 0 Å². The molecule has 0 aliphatic carbocycles. The van der Waals surface area contributed by atoms with Crippen LogP contribution in [0.3, 0.4) is 0 Å². The maximum atomic E-state index is 8.50. The van der Waals surface area contributed by atoms with Crippen LogP contribution in [-0.2, 0) is 9.47 Å². The van der Waals surface area contributed by atoms with Crippen LogP contribution in [0.5, 0.6) is 0 Å². The molecule has 0 aromatic heterocycles. The van der Waals surface area contributed by atoms with Crippen LogP contribution in [0, 0.1) is 0 Å². The zero-order valence-corrected chi connectivity index (χ0v) is 10.4. The monoisotopic (exact) mass is 219 g/mol. The Kier molecular flexibility index (Phi) is 7.96. The van der Waals surface area contributed by atoms with E-state index in [1.165, 1.54) is 0 Å². The van der Waals surface area contributed by atoms with Crippen molar-refractivity contribution in [2.45, 2.75) is 38.8 Å². The number of aliphatic hydroxyl groups excluding tert-OH is 1. The van der Waals surface area contributed by atoms with Crippen molar-refractivity contribution in [1.82, 2.24) is 5.32 Å². The second-order valence-electron chi connectivity index (χ2n) is 4.36. The molecule has 4 heteroatoms. The first-order valence-corrected chi connectivity index (χ1v) is 5.49. The number of hydrogen-bond acceptors (Lipinski definition) is 4. The molecule has 0 saturated carbocycles. The SMILES string of the molecule is COC(C)(C)CC(C)NCCOCCO. The van der Waals surface area contributed by atoms with Crippen LogP contribution in [0.4, 0.5) is 0 Å². The summed E-state index contributed by atoms with van der Waals surface area (Å²) in [5.41, 5.74) is -0.0849. The highest BCUT2D eigenvalue weighted by Gasteiger charge is 2.19. The van der Waals surface area contributed by atoms with Crippen molar-refractivity contribution in [3.63, 3.8) is 0 Å². The Hall–Kier alpha value is -0.160. The van der Waals surface area contributed by atoms with Crippen molar-refractivity contribution >= 4 is 0 Å². The van der Waals surface area contributed by atoms with E-state index in [9.17, 15) is 0 Å². The second kappa shape index (κ2) is 8.05. The Morgan fingerprint density at radius 3 is 2.53 bits per heavy atom. The molecule has 0 aliphatic rings. The molecule has 0 radical (unpaired) electrons. The molecule has 4 nitrogen and oxygen atoms in total. The predicted molar refractivity (Wildman–Crippen MR) is 61.1 cm³/mol. The van der Waals surface area contributed by atoms with Gasteiger partial charge in [-0.1, -0.05) is 0 Å². The lowest BCUT2D eigenvalue weighted by Gasteiger charge is -2.27. The Bertz CT molecular complexity index is 151. The Labute approximate surface area is 93.0 Å². The van der Waals surface area contributed by atoms with Gasteiger partial charge < -0.3 is 19.9 Å². The van der Waals surface area contributed by atoms with Gasteiger partial charge in [0.25, 0.3) is 0 Å². The van der Waals surface area contributed by atoms with Crippen LogP contribution >= 0.6 is 0 Å². The lowest BCUT2D eigenvalue weighted by molar-refractivity contribution is 0.00772. The predicted octanol–water partition coefficient (Wildman–Crippen LogP) is 0.788. The summed E-state index contributed by atoms with van der Waals surface area (Å²) in [5, 5.41) is 11.8. The van der Waals surface area contributed by atoms with E-state index in [0.29, 0.717) is 19.3 Å². The van der Waals surface area contributed by atoms with Crippen molar-refractivity contribution in [2.75, 3.05) is 33.5 Å². The molecule has 0 spiro atoms. The summed E-state index contributed by atoms with van der Waals surface area (Å²) in [7, 11) is 1.73. The van der Waals surface area contributed by atoms with Crippen LogP contribution < -0.4 is 5.32 Å². The molecule has 0 saturated heterocycles. The van der Waals surface area contributed by atoms with Gasteiger partial charge in [0, 0.05) is 19.7 Å². The zero-order valence-electron chi connectivity index (χ0n) is 10.4. The van der Waals surface area contributed by atoms with E-state index in [1.54, 1.807) is 7.11 Å². The first kappa shape index (κ1) is 14.8. The Morgan fingerprint density at radius 1 is 1.33 bits per heavy atom. The molecule has 1 unspecified atom stereocenters. The van der Waals surface area contributed by atoms with Crippen molar-refractivity contribution in [3.8, 4) is 0 Å². The molecule has 0 heterocycles. The number of hydrogen-bond donors (Lipinski definition) is 2. The van der Waals surface area contributed by atoms with E-state index < -0.39 is 0 Å². The number of aliphatic hydroxyl groups is 1. The van der Waals surface area contributed by atoms with E-state index in [2.05, 4.69) is 26.1 Å². The van der Waals surface area contributed by atoms with Gasteiger partial charge in [-0.2, -0.15) is 0 Å². The maximum absolute atomic E-state index is 8.50. The Balaban J connectivity index is 3.45. The van der Waals surface area contributed by atoms with Crippen LogP contribution in [0.1, 0.15) is 27.2 Å². The summed E-state index contributed by atoms with van der Waals surface area (Å²) in [6.45, 7) is 8.23. The summed E-state index contributed by atoms with van der Waals surface area (Å²) in [6, 6.07) is 0.401. The zero-order chi connectivity index (χ0) is 11.7. The maximum Gasteiger partial charge on any atom is 0.0698 e. The largest absolute Gasteiger partial charge is 0.394 e. The molecule has 15 heavy (non-hydrogen) atoms. The molecule has 92 valence electrons. The fourth-order valence-corrected chi connectivity index (χ4v) is 1.44. The van der Waals surface area contributed by atoms with Crippen LogP contribution in [0.2, 0.25) is 0 Å². The van der Waals surface area contributed by atoms with Gasteiger partial charge in [-0.05, 0) is 27.2 Å². The topological polar surface area (TPSA) is 50.7 Å². The summed E-state index contributed by atoms with van der Waals surface area (Å²) in [5.74, 6) is 0. The van der Waals surface area contributed by atoms with E-state index in [0.717, 1.165) is 13.0 Å². The first-order valence-electron chi connectivity index (χ1n) is 5.49. The average molecular weight is 219 g/mol. The molecule has 2 N–H and O–H groups in total. The van der Waals surface area contributed by atoms with Crippen LogP contribution in [-0.4, -0.2) is 50.2 Å². The third-order valence-corrected chi connectivity index (χ3v) is 2.33. The normalized spacial score (nSPS) is 14.2. The van der Waals surface area contributed by atoms with Gasteiger partial charge >= 0.3 is 0 Å². The van der Waals surface area contributed by atoms with E-state index >= 15 is 0 Å². The van der Waals surface area contributed by atoms with Gasteiger partial charge in [0.2, 0.25) is 0 Å². The smallest absolute Gasteiger partial charge is 0.0698 e. The lowest BCUT2D eigenvalue weighted by Crippen LogP contribution is -2.37. The first-order chi connectivity index (χ1) is 7.02. The third kappa shape index (κ3) is 8.81. The van der Waals surface area contributed by atoms with Crippen molar-refractivity contribution in [2.24, 2.45) is 0 Å². The number of nitrogens with one attached hydrogen (secondary N) is 1. The van der Waals surface area contributed by atoms with Crippen LogP contribution in [0.25, 0.3) is 0 Å². The molecule has 0 amide bonds. The molecule has 0 fully saturated rings. The van der Waals surface area contributed by atoms with Crippen molar-refractivity contribution in [1.29, 1.82) is 0 Å². The molecule has 0 aromatic carbocycles. The third-order valence-electron chi connectivity index (χ3n) is 2.33. The molecule has 0 rings (SSSR count). The van der Waals surface area contributed by atoms with Crippen molar-refractivity contribution < 1.29 is 14.6 Å². The minimum atomic E-state index is -0.0849. The summed E-state index contributed by atoms with van der Waals surface area (Å²) >= 11 is 0. The number of ether oxygens (including phenoxy) is 2. The highest BCUT2D eigenvalue weighted by molar-refractivity contribution is 4.75. The van der Waals surface area contributed by atoms with E-state index in [-0.39, 0.29) is 12.2 Å². The molecule has 0 aromatic rings. The summed E-state index contributed by atoms with van der Waals surface area (Å²) in [6.07, 6.45) is 0.962. The Morgan fingerprint density at radius 2 is 2.00 bits per heavy atom. The fourth-order valence-electron chi connectivity index (χ4n) is 1.44. The van der Waals surface area contributed by atoms with Gasteiger partial charge in [0.05, 0.1) is 25.4 Å². The average Bonchev–Trinajstić information content (AvgIpc) is 2.17. The molecule has 0 bridgehead atoms. The quantitative estimate of drug-likeness (QED) is 0.563. The standard InChI is InChI=1S/C11H25NO3/c1-10(9-11(2,3)14-4)12-5-7-15-8-6-13/h10,12-13H,5-9H2,1-4H3. The van der Waals surface area contributed by atoms with Gasteiger partial charge in [0.1, 0.15) is 0 Å². The van der Waals surface area contributed by atoms with Gasteiger partial charge in [0.15, 0.2) is 0 Å². The minimum absolute atomic E-state index is 0.0849. The summed E-state index contributed by atoms with van der Waals surface area (Å²) in [4.78, 5) is 0. The molecule has 0 aliphatic heterocycles. The highest BCUT2D eigenvalue weighted by Crippen LogP contribution is 2.14. The fraction of sp³-hybridized carbons (Fsp3) is 1.00.